The van der Waals surface area contributed by atoms with E-state index in [1.807, 2.05) is 0 Å². The van der Waals surface area contributed by atoms with E-state index in [1.165, 1.54) is 0 Å². The zero-order valence-corrected chi connectivity index (χ0v) is 3.82. The third-order valence-corrected chi connectivity index (χ3v) is 0.545. The summed E-state index contributed by atoms with van der Waals surface area (Å²) < 4.78 is 76.0. The lowest BCUT2D eigenvalue weighted by molar-refractivity contribution is -0.127. The van der Waals surface area contributed by atoms with Crippen molar-refractivity contribution >= 4 is 5.78 Å². The lowest BCUT2D eigenvalue weighted by Gasteiger charge is -2.16. The summed E-state index contributed by atoms with van der Waals surface area (Å²) in [6, 6.07) is 0. The van der Waals surface area contributed by atoms with Crippen LogP contribution in [-0.2, 0) is 9.53 Å². The molecule has 46 valence electrons. The van der Waals surface area contributed by atoms with Crippen molar-refractivity contribution in [3.63, 3.8) is 0 Å². The summed E-state index contributed by atoms with van der Waals surface area (Å²) in [7, 11) is 0. The molecule has 0 saturated carbocycles. The van der Waals surface area contributed by atoms with E-state index in [-0.39, 0.29) is 0 Å². The molecule has 0 N–H and O–H groups in total. The molecule has 0 amide bonds. The molecule has 2 nitrogen and oxygen atoms in total. The minimum absolute atomic E-state index is 1.96. The Morgan fingerprint density at radius 3 is 3.88 bits per heavy atom. The maximum absolute atomic E-state index is 11.6. The molecule has 2 heteroatoms. The first-order chi connectivity index (χ1) is 7.61. The first-order valence-corrected chi connectivity index (χ1v) is 1.86. The van der Waals surface area contributed by atoms with Crippen LogP contribution in [-0.4, -0.2) is 18.4 Å². The van der Waals surface area contributed by atoms with Crippen molar-refractivity contribution in [2.24, 2.45) is 0 Å². The molecule has 1 aliphatic heterocycles. The van der Waals surface area contributed by atoms with Gasteiger partial charge in [-0.25, -0.2) is 0 Å². The van der Waals surface area contributed by atoms with Crippen molar-refractivity contribution in [1.82, 2.24) is 0 Å². The molecule has 0 aromatic heterocycles. The highest BCUT2D eigenvalue weighted by Gasteiger charge is 2.14. The zero-order valence-electron chi connectivity index (χ0n) is 13.8. The van der Waals surface area contributed by atoms with E-state index in [1.54, 1.807) is 0 Å². The molecule has 0 bridgehead atoms. The van der Waals surface area contributed by atoms with E-state index in [0.29, 0.717) is 0 Å². The van der Waals surface area contributed by atoms with Crippen molar-refractivity contribution in [2.45, 2.75) is 25.7 Å². The lowest BCUT2D eigenvalue weighted by atomic mass is 10.1. The van der Waals surface area contributed by atoms with Gasteiger partial charge in [-0.2, -0.15) is 0 Å². The van der Waals surface area contributed by atoms with Crippen LogP contribution in [0.1, 0.15) is 33.3 Å². The normalized spacial score (nSPS) is 78.8. The quantitative estimate of drug-likeness (QED) is 0.476. The van der Waals surface area contributed by atoms with Gasteiger partial charge in [0.05, 0.1) is 16.8 Å². The molecule has 1 saturated heterocycles. The van der Waals surface area contributed by atoms with Crippen LogP contribution in [0.3, 0.4) is 0 Å². The summed E-state index contributed by atoms with van der Waals surface area (Å²) in [6.45, 7) is -6.87. The fourth-order valence-corrected chi connectivity index (χ4v) is 0.283. The minimum atomic E-state index is -3.51. The van der Waals surface area contributed by atoms with Crippen LogP contribution < -0.4 is 0 Å². The zero-order chi connectivity index (χ0) is 14.8. The molecular weight excluding hydrogens is 104 g/mol. The largest absolute Gasteiger partial charge is 0.378 e. The fraction of sp³-hybridized carbons (Fsp3) is 0.833. The highest BCUT2D eigenvalue weighted by atomic mass is 16.5. The highest BCUT2D eigenvalue weighted by molar-refractivity contribution is 5.79. The monoisotopic (exact) mass is 124 g/mol. The summed E-state index contributed by atoms with van der Waals surface area (Å²) in [5.74, 6) is -1.96. The summed E-state index contributed by atoms with van der Waals surface area (Å²) in [4.78, 5) is 11.6. The molecule has 0 aliphatic carbocycles. The molecule has 0 aromatic rings. The summed E-state index contributed by atoms with van der Waals surface area (Å²) >= 11 is 0. The SMILES string of the molecule is [2H]C([2H])([2H])C1([2H])OC([2H])([2H])C([2H])([2H])C(=O)C1([2H])[2H]. The molecule has 0 aromatic carbocycles. The van der Waals surface area contributed by atoms with Crippen molar-refractivity contribution in [1.29, 1.82) is 0 Å². The van der Waals surface area contributed by atoms with Gasteiger partial charge in [0.1, 0.15) is 5.78 Å². The topological polar surface area (TPSA) is 26.3 Å². The average molecular weight is 124 g/mol. The van der Waals surface area contributed by atoms with Gasteiger partial charge in [-0.05, 0) is 6.85 Å². The van der Waals surface area contributed by atoms with Crippen molar-refractivity contribution in [3.8, 4) is 0 Å². The Labute approximate surface area is 62.9 Å². The molecule has 0 spiro atoms. The first-order valence-electron chi connectivity index (χ1n) is 6.86. The van der Waals surface area contributed by atoms with Crippen LogP contribution in [0, 0.1) is 0 Å². The third kappa shape index (κ3) is 1.30. The Morgan fingerprint density at radius 2 is 3.12 bits per heavy atom. The van der Waals surface area contributed by atoms with E-state index in [4.69, 9.17) is 13.7 Å². The molecule has 1 atom stereocenters. The Kier molecular flexibility index (Phi) is 0.306. The predicted octanol–water partition coefficient (Wildman–Crippen LogP) is 0.754. The Bertz CT molecular complexity index is 384. The van der Waals surface area contributed by atoms with Crippen molar-refractivity contribution in [2.75, 3.05) is 6.56 Å². The van der Waals surface area contributed by atoms with E-state index >= 15 is 0 Å². The number of rotatable bonds is 0. The maximum Gasteiger partial charge on any atom is 0.137 e. The number of carbonyl (C=O) groups is 1. The number of ether oxygens (including phenoxy) is 1. The molecule has 1 rings (SSSR count). The standard InChI is InChI=1S/C6H10O2/c1-5-4-6(7)2-3-8-5/h5H,2-4H2,1H3/i1D3,2D2,3D2,4D2,5D. The smallest absolute Gasteiger partial charge is 0.137 e. The van der Waals surface area contributed by atoms with Gasteiger partial charge in [-0.3, -0.25) is 4.79 Å². The second-order valence-corrected chi connectivity index (χ2v) is 1.11. The number of carbonyl (C=O) groups excluding carboxylic acids is 1. The van der Waals surface area contributed by atoms with Gasteiger partial charge in [-0.1, -0.05) is 0 Å². The summed E-state index contributed by atoms with van der Waals surface area (Å²) in [5, 5.41) is 0. The van der Waals surface area contributed by atoms with E-state index < -0.39 is 38.0 Å². The summed E-state index contributed by atoms with van der Waals surface area (Å²) in [6.07, 6.45) is -10.4. The number of hydrogen-bond acceptors (Lipinski definition) is 2. The maximum atomic E-state index is 11.6. The van der Waals surface area contributed by atoms with E-state index in [0.717, 1.165) is 0 Å². The van der Waals surface area contributed by atoms with Gasteiger partial charge < -0.3 is 4.74 Å². The van der Waals surface area contributed by atoms with Gasteiger partial charge in [0, 0.05) is 22.3 Å². The Morgan fingerprint density at radius 1 is 2.25 bits per heavy atom. The van der Waals surface area contributed by atoms with Crippen molar-refractivity contribution in [3.05, 3.63) is 0 Å². The Hall–Kier alpha value is -0.370. The molecule has 1 heterocycles. The van der Waals surface area contributed by atoms with Crippen LogP contribution in [0.25, 0.3) is 0 Å². The second-order valence-electron chi connectivity index (χ2n) is 1.11. The number of hydrogen-bond donors (Lipinski definition) is 0. The van der Waals surface area contributed by atoms with Gasteiger partial charge >= 0.3 is 0 Å². The van der Waals surface area contributed by atoms with E-state index in [9.17, 15) is 4.79 Å². The number of ketones is 1. The molecule has 1 unspecified atom stereocenters. The number of Topliss-reactive ketones (excluding diaryl/α,β-unsaturated/α-hetero) is 1. The van der Waals surface area contributed by atoms with Crippen LogP contribution in [0.5, 0.6) is 0 Å². The van der Waals surface area contributed by atoms with Gasteiger partial charge in [0.2, 0.25) is 0 Å². The van der Waals surface area contributed by atoms with Gasteiger partial charge in [0.15, 0.2) is 0 Å². The molecule has 1 aliphatic rings. The fourth-order valence-electron chi connectivity index (χ4n) is 0.283. The predicted molar refractivity (Wildman–Crippen MR) is 29.7 cm³/mol. The molecular formula is C6H10O2. The van der Waals surface area contributed by atoms with E-state index in [2.05, 4.69) is 4.74 Å². The third-order valence-electron chi connectivity index (χ3n) is 0.545. The van der Waals surface area contributed by atoms with Crippen LogP contribution in [0.15, 0.2) is 0 Å². The van der Waals surface area contributed by atoms with Crippen molar-refractivity contribution < 1.29 is 23.2 Å². The van der Waals surface area contributed by atoms with Crippen LogP contribution >= 0.6 is 0 Å². The lowest BCUT2D eigenvalue weighted by Crippen LogP contribution is -2.22. The first kappa shape index (κ1) is 1.08. The summed E-state index contributed by atoms with van der Waals surface area (Å²) in [5.41, 5.74) is 0. The Balaban J connectivity index is 3.49. The van der Waals surface area contributed by atoms with Crippen LogP contribution in [0.4, 0.5) is 0 Å². The molecule has 0 radical (unpaired) electrons. The van der Waals surface area contributed by atoms with Gasteiger partial charge in [0.25, 0.3) is 0 Å². The van der Waals surface area contributed by atoms with Crippen LogP contribution in [0.2, 0.25) is 0 Å². The second kappa shape index (κ2) is 2.27. The van der Waals surface area contributed by atoms with Gasteiger partial charge in [-0.15, -0.1) is 0 Å². The highest BCUT2D eigenvalue weighted by Crippen LogP contribution is 2.07. The molecule has 1 fully saturated rings. The minimum Gasteiger partial charge on any atom is -0.378 e. The molecule has 8 heavy (non-hydrogen) atoms. The average Bonchev–Trinajstić information content (AvgIpc) is 2.11.